The minimum absolute atomic E-state index is 0.0156. The van der Waals surface area contributed by atoms with E-state index in [0.29, 0.717) is 27.7 Å². The van der Waals surface area contributed by atoms with E-state index < -0.39 is 17.7 Å². The Hall–Kier alpha value is -3.64. The molecule has 0 aliphatic carbocycles. The zero-order chi connectivity index (χ0) is 21.3. The first-order valence-corrected chi connectivity index (χ1v) is 9.51. The van der Waals surface area contributed by atoms with Crippen LogP contribution < -0.4 is 9.64 Å². The van der Waals surface area contributed by atoms with Crippen LogP contribution in [0.3, 0.4) is 0 Å². The molecule has 6 nitrogen and oxygen atoms in total. The van der Waals surface area contributed by atoms with E-state index in [1.54, 1.807) is 66.7 Å². The van der Waals surface area contributed by atoms with Crippen molar-refractivity contribution in [2.75, 3.05) is 12.0 Å². The van der Waals surface area contributed by atoms with Gasteiger partial charge in [0.25, 0.3) is 5.78 Å². The maximum atomic E-state index is 13.0. The van der Waals surface area contributed by atoms with Crippen LogP contribution in [0.1, 0.15) is 17.2 Å². The third-order valence-corrected chi connectivity index (χ3v) is 5.14. The van der Waals surface area contributed by atoms with E-state index in [-0.39, 0.29) is 11.3 Å². The summed E-state index contributed by atoms with van der Waals surface area (Å²) < 4.78 is 5.14. The normalized spacial score (nSPS) is 17.9. The number of methoxy groups -OCH3 is 1. The Bertz CT molecular complexity index is 1130. The fourth-order valence-corrected chi connectivity index (χ4v) is 3.56. The Morgan fingerprint density at radius 1 is 1.03 bits per heavy atom. The van der Waals surface area contributed by atoms with Gasteiger partial charge in [-0.25, -0.2) is 4.98 Å². The summed E-state index contributed by atoms with van der Waals surface area (Å²) in [5.41, 5.74) is 1.01. The lowest BCUT2D eigenvalue weighted by molar-refractivity contribution is -0.132. The highest BCUT2D eigenvalue weighted by Gasteiger charge is 2.47. The number of carbonyl (C=O) groups is 2. The second kappa shape index (κ2) is 8.00. The van der Waals surface area contributed by atoms with Gasteiger partial charge < -0.3 is 9.84 Å². The summed E-state index contributed by atoms with van der Waals surface area (Å²) in [5.74, 6) is -0.893. The van der Waals surface area contributed by atoms with Gasteiger partial charge in [-0.3, -0.25) is 14.5 Å². The van der Waals surface area contributed by atoms with Crippen molar-refractivity contribution < 1.29 is 19.4 Å². The van der Waals surface area contributed by atoms with E-state index in [4.69, 9.17) is 16.3 Å². The number of aliphatic hydroxyl groups excluding tert-OH is 1. The van der Waals surface area contributed by atoms with Gasteiger partial charge in [0.15, 0.2) is 0 Å². The number of aliphatic hydroxyl groups is 1. The minimum atomic E-state index is -0.848. The number of benzene rings is 2. The second-order valence-corrected chi connectivity index (χ2v) is 7.07. The van der Waals surface area contributed by atoms with Gasteiger partial charge in [-0.05, 0) is 54.1 Å². The predicted molar refractivity (Wildman–Crippen MR) is 113 cm³/mol. The lowest BCUT2D eigenvalue weighted by atomic mass is 9.95. The number of rotatable bonds is 4. The Morgan fingerprint density at radius 3 is 2.33 bits per heavy atom. The molecule has 2 aromatic carbocycles. The largest absolute Gasteiger partial charge is 0.507 e. The van der Waals surface area contributed by atoms with Crippen molar-refractivity contribution in [3.63, 3.8) is 0 Å². The Kier molecular flexibility index (Phi) is 5.25. The fraction of sp³-hybridized carbons (Fsp3) is 0.0870. The van der Waals surface area contributed by atoms with E-state index in [1.165, 1.54) is 18.2 Å². The van der Waals surface area contributed by atoms with Gasteiger partial charge in [0, 0.05) is 16.8 Å². The molecule has 1 aromatic heterocycles. The molecule has 1 N–H and O–H groups in total. The molecule has 1 saturated heterocycles. The molecule has 1 fully saturated rings. The molecule has 4 rings (SSSR count). The predicted octanol–water partition coefficient (Wildman–Crippen LogP) is 4.37. The summed E-state index contributed by atoms with van der Waals surface area (Å²) in [6, 6.07) is 17.6. The highest BCUT2D eigenvalue weighted by Crippen LogP contribution is 2.41. The lowest BCUT2D eigenvalue weighted by Gasteiger charge is -2.24. The monoisotopic (exact) mass is 420 g/mol. The number of halogens is 1. The molecule has 0 radical (unpaired) electrons. The number of aromatic nitrogens is 1. The van der Waals surface area contributed by atoms with Crippen LogP contribution in [-0.4, -0.2) is 28.9 Å². The van der Waals surface area contributed by atoms with Crippen LogP contribution in [0.25, 0.3) is 5.76 Å². The van der Waals surface area contributed by atoms with Crippen molar-refractivity contribution in [1.82, 2.24) is 4.98 Å². The number of ketones is 1. The van der Waals surface area contributed by atoms with E-state index in [0.717, 1.165) is 0 Å². The van der Waals surface area contributed by atoms with Crippen molar-refractivity contribution in [3.05, 3.63) is 94.6 Å². The summed E-state index contributed by atoms with van der Waals surface area (Å²) in [7, 11) is 1.54. The van der Waals surface area contributed by atoms with Crippen LogP contribution in [0.5, 0.6) is 5.75 Å². The van der Waals surface area contributed by atoms with Crippen LogP contribution in [-0.2, 0) is 9.59 Å². The maximum Gasteiger partial charge on any atom is 0.301 e. The molecule has 1 aliphatic rings. The number of pyridine rings is 1. The van der Waals surface area contributed by atoms with Crippen molar-refractivity contribution >= 4 is 34.9 Å². The van der Waals surface area contributed by atoms with E-state index in [9.17, 15) is 14.7 Å². The quantitative estimate of drug-likeness (QED) is 0.385. The fourth-order valence-electron chi connectivity index (χ4n) is 3.43. The zero-order valence-corrected chi connectivity index (χ0v) is 16.7. The highest BCUT2D eigenvalue weighted by atomic mass is 35.5. The molecule has 3 aromatic rings. The third kappa shape index (κ3) is 3.42. The molecule has 0 saturated carbocycles. The van der Waals surface area contributed by atoms with Crippen LogP contribution in [0.2, 0.25) is 5.02 Å². The van der Waals surface area contributed by atoms with Crippen molar-refractivity contribution in [2.24, 2.45) is 0 Å². The molecule has 30 heavy (non-hydrogen) atoms. The van der Waals surface area contributed by atoms with Crippen molar-refractivity contribution in [2.45, 2.75) is 6.04 Å². The van der Waals surface area contributed by atoms with E-state index in [2.05, 4.69) is 4.98 Å². The molecule has 1 aliphatic heterocycles. The molecule has 150 valence electrons. The molecule has 0 unspecified atom stereocenters. The van der Waals surface area contributed by atoms with Gasteiger partial charge in [-0.2, -0.15) is 0 Å². The van der Waals surface area contributed by atoms with Gasteiger partial charge in [0.05, 0.1) is 18.7 Å². The SMILES string of the molecule is COc1ccc(/C(O)=C2\C(=O)C(=O)N(c3ccccn3)[C@H]2c2ccc(Cl)cc2)cc1. The van der Waals surface area contributed by atoms with Gasteiger partial charge in [-0.15, -0.1) is 0 Å². The number of nitrogens with zero attached hydrogens (tertiary/aromatic N) is 2. The minimum Gasteiger partial charge on any atom is -0.507 e. The number of anilines is 1. The summed E-state index contributed by atoms with van der Waals surface area (Å²) in [5, 5.41) is 11.5. The maximum absolute atomic E-state index is 13.0. The first-order valence-electron chi connectivity index (χ1n) is 9.13. The molecular formula is C23H17ClN2O4. The molecule has 0 bridgehead atoms. The van der Waals surface area contributed by atoms with E-state index in [1.807, 2.05) is 0 Å². The topological polar surface area (TPSA) is 79.7 Å². The molecule has 7 heteroatoms. The molecule has 0 spiro atoms. The van der Waals surface area contributed by atoms with E-state index >= 15 is 0 Å². The van der Waals surface area contributed by atoms with Gasteiger partial charge >= 0.3 is 5.91 Å². The summed E-state index contributed by atoms with van der Waals surface area (Å²) in [6.45, 7) is 0. The van der Waals surface area contributed by atoms with Crippen LogP contribution in [0.4, 0.5) is 5.82 Å². The Morgan fingerprint density at radius 2 is 1.73 bits per heavy atom. The summed E-state index contributed by atoms with van der Waals surface area (Å²) in [4.78, 5) is 31.5. The first-order chi connectivity index (χ1) is 14.5. The molecule has 2 heterocycles. The number of ether oxygens (including phenoxy) is 1. The van der Waals surface area contributed by atoms with Gasteiger partial charge in [0.2, 0.25) is 0 Å². The van der Waals surface area contributed by atoms with Gasteiger partial charge in [-0.1, -0.05) is 29.8 Å². The number of amides is 1. The number of hydrogen-bond acceptors (Lipinski definition) is 5. The highest BCUT2D eigenvalue weighted by molar-refractivity contribution is 6.51. The summed E-state index contributed by atoms with van der Waals surface area (Å²) in [6.07, 6.45) is 1.54. The molecule has 1 atom stereocenters. The molecular weight excluding hydrogens is 404 g/mol. The second-order valence-electron chi connectivity index (χ2n) is 6.64. The van der Waals surface area contributed by atoms with Crippen LogP contribution in [0.15, 0.2) is 78.5 Å². The molecule has 1 amide bonds. The van der Waals surface area contributed by atoms with Crippen molar-refractivity contribution in [1.29, 1.82) is 0 Å². The van der Waals surface area contributed by atoms with Gasteiger partial charge in [0.1, 0.15) is 17.3 Å². The van der Waals surface area contributed by atoms with Crippen LogP contribution in [0, 0.1) is 0 Å². The number of Topliss-reactive ketones (excluding diaryl/α,β-unsaturated/α-hetero) is 1. The third-order valence-electron chi connectivity index (χ3n) is 4.89. The smallest absolute Gasteiger partial charge is 0.301 e. The average Bonchev–Trinajstić information content (AvgIpc) is 3.05. The van der Waals surface area contributed by atoms with Crippen molar-refractivity contribution in [3.8, 4) is 5.75 Å². The summed E-state index contributed by atoms with van der Waals surface area (Å²) >= 11 is 6.02. The first kappa shape index (κ1) is 19.7. The number of hydrogen-bond donors (Lipinski definition) is 1. The average molecular weight is 421 g/mol. The lowest BCUT2D eigenvalue weighted by Crippen LogP contribution is -2.30. The zero-order valence-electron chi connectivity index (χ0n) is 15.9. The Balaban J connectivity index is 1.91. The standard InChI is InChI=1S/C23H17ClN2O4/c1-30-17-11-7-15(8-12-17)21(27)19-20(14-5-9-16(24)10-6-14)26(23(29)22(19)28)18-4-2-3-13-25-18/h2-13,20,27H,1H3/b21-19+/t20-/m0/s1. The number of carbonyl (C=O) groups excluding carboxylic acids is 2. The van der Waals surface area contributed by atoms with Crippen LogP contribution >= 0.6 is 11.6 Å². The Labute approximate surface area is 178 Å².